The maximum Gasteiger partial charge on any atom is 0.272 e. The second-order valence-electron chi connectivity index (χ2n) is 7.02. The lowest BCUT2D eigenvalue weighted by molar-refractivity contribution is -0.130. The summed E-state index contributed by atoms with van der Waals surface area (Å²) in [7, 11) is 0. The van der Waals surface area contributed by atoms with E-state index in [4.69, 9.17) is 16.0 Å². The molecule has 0 atom stereocenters. The summed E-state index contributed by atoms with van der Waals surface area (Å²) < 4.78 is 7.29. The van der Waals surface area contributed by atoms with Crippen molar-refractivity contribution in [1.82, 2.24) is 19.6 Å². The third-order valence-electron chi connectivity index (χ3n) is 4.99. The Morgan fingerprint density at radius 1 is 1.03 bits per heavy atom. The van der Waals surface area contributed by atoms with E-state index in [1.807, 2.05) is 31.2 Å². The molecule has 8 heteroatoms. The fraction of sp³-hybridized carbons (Fsp3) is 0.286. The van der Waals surface area contributed by atoms with Gasteiger partial charge in [0.25, 0.3) is 5.91 Å². The van der Waals surface area contributed by atoms with Crippen molar-refractivity contribution in [3.05, 3.63) is 58.9 Å². The molecule has 7 nitrogen and oxygen atoms in total. The Labute approximate surface area is 173 Å². The minimum atomic E-state index is -0.143. The van der Waals surface area contributed by atoms with Gasteiger partial charge in [-0.25, -0.2) is 4.68 Å². The Morgan fingerprint density at radius 2 is 1.76 bits per heavy atom. The summed E-state index contributed by atoms with van der Waals surface area (Å²) in [5, 5.41) is 5.17. The minimum absolute atomic E-state index is 0.0246. The Hall–Kier alpha value is -3.06. The number of carbonyl (C=O) groups is 2. The van der Waals surface area contributed by atoms with Gasteiger partial charge in [0.05, 0.1) is 5.69 Å². The molecule has 0 saturated carbocycles. The van der Waals surface area contributed by atoms with Crippen LogP contribution in [0, 0.1) is 6.92 Å². The summed E-state index contributed by atoms with van der Waals surface area (Å²) in [5.74, 6) is 1.25. The van der Waals surface area contributed by atoms with Gasteiger partial charge in [0.2, 0.25) is 5.91 Å². The van der Waals surface area contributed by atoms with Crippen LogP contribution in [0.5, 0.6) is 0 Å². The number of aryl methyl sites for hydroxylation is 1. The maximum absolute atomic E-state index is 13.3. The molecule has 0 radical (unpaired) electrons. The Bertz CT molecular complexity index is 1060. The highest BCUT2D eigenvalue weighted by atomic mass is 35.5. The summed E-state index contributed by atoms with van der Waals surface area (Å²) in [6.07, 6.45) is 0. The zero-order chi connectivity index (χ0) is 20.5. The fourth-order valence-electron chi connectivity index (χ4n) is 3.42. The van der Waals surface area contributed by atoms with Crippen LogP contribution < -0.4 is 0 Å². The molecule has 1 aliphatic heterocycles. The molecule has 3 heterocycles. The monoisotopic (exact) mass is 412 g/mol. The van der Waals surface area contributed by atoms with Crippen LogP contribution in [0.4, 0.5) is 0 Å². The number of amides is 2. The van der Waals surface area contributed by atoms with Crippen LogP contribution in [0.1, 0.15) is 23.2 Å². The first kappa shape index (κ1) is 19.3. The first-order chi connectivity index (χ1) is 13.9. The molecular weight excluding hydrogens is 392 g/mol. The van der Waals surface area contributed by atoms with Crippen LogP contribution in [0.15, 0.2) is 46.9 Å². The van der Waals surface area contributed by atoms with E-state index in [1.165, 1.54) is 0 Å². The van der Waals surface area contributed by atoms with Gasteiger partial charge in [-0.15, -0.1) is 0 Å². The fourth-order valence-corrected chi connectivity index (χ4v) is 3.60. The Morgan fingerprint density at radius 3 is 2.38 bits per heavy atom. The molecular formula is C21H21ClN4O3. The van der Waals surface area contributed by atoms with Gasteiger partial charge >= 0.3 is 0 Å². The number of aromatic nitrogens is 2. The van der Waals surface area contributed by atoms with Crippen LogP contribution in [-0.2, 0) is 4.79 Å². The van der Waals surface area contributed by atoms with Crippen LogP contribution in [0.2, 0.25) is 5.02 Å². The number of hydrogen-bond donors (Lipinski definition) is 0. The van der Waals surface area contributed by atoms with Gasteiger partial charge in [-0.2, -0.15) is 5.10 Å². The zero-order valence-corrected chi connectivity index (χ0v) is 17.0. The number of nitrogens with zero attached hydrogens (tertiary/aromatic N) is 4. The first-order valence-electron chi connectivity index (χ1n) is 9.40. The lowest BCUT2D eigenvalue weighted by Gasteiger charge is -2.34. The van der Waals surface area contributed by atoms with Crippen molar-refractivity contribution in [1.29, 1.82) is 0 Å². The van der Waals surface area contributed by atoms with Crippen molar-refractivity contribution in [2.75, 3.05) is 26.2 Å². The van der Waals surface area contributed by atoms with Crippen molar-refractivity contribution in [2.24, 2.45) is 0 Å². The Kier molecular flexibility index (Phi) is 5.15. The molecule has 0 N–H and O–H groups in total. The van der Waals surface area contributed by atoms with Crippen molar-refractivity contribution in [3.63, 3.8) is 0 Å². The highest BCUT2D eigenvalue weighted by Crippen LogP contribution is 2.25. The number of carbonyl (C=O) groups excluding carboxylic acids is 2. The van der Waals surface area contributed by atoms with Gasteiger partial charge in [0.15, 0.2) is 5.76 Å². The molecule has 3 aromatic rings. The molecule has 0 unspecified atom stereocenters. The molecule has 0 aliphatic carbocycles. The van der Waals surface area contributed by atoms with Crippen molar-refractivity contribution in [2.45, 2.75) is 13.8 Å². The smallest absolute Gasteiger partial charge is 0.272 e. The second kappa shape index (κ2) is 7.75. The van der Waals surface area contributed by atoms with Crippen molar-refractivity contribution >= 4 is 23.4 Å². The van der Waals surface area contributed by atoms with Gasteiger partial charge in [-0.3, -0.25) is 9.59 Å². The van der Waals surface area contributed by atoms with Gasteiger partial charge in [0, 0.05) is 44.2 Å². The summed E-state index contributed by atoms with van der Waals surface area (Å²) in [6, 6.07) is 12.6. The molecule has 150 valence electrons. The molecule has 29 heavy (non-hydrogen) atoms. The van der Waals surface area contributed by atoms with E-state index in [1.54, 1.807) is 39.6 Å². The first-order valence-corrected chi connectivity index (χ1v) is 9.78. The number of rotatable bonds is 3. The lowest BCUT2D eigenvalue weighted by Crippen LogP contribution is -2.50. The molecule has 2 amide bonds. The van der Waals surface area contributed by atoms with Gasteiger partial charge in [-0.05, 0) is 37.3 Å². The minimum Gasteiger partial charge on any atom is -0.460 e. The van der Waals surface area contributed by atoms with E-state index < -0.39 is 0 Å². The van der Waals surface area contributed by atoms with E-state index >= 15 is 0 Å². The predicted molar refractivity (Wildman–Crippen MR) is 109 cm³/mol. The number of piperazine rings is 1. The topological polar surface area (TPSA) is 71.6 Å². The molecule has 1 aliphatic rings. The average molecular weight is 413 g/mol. The molecule has 2 aromatic heterocycles. The maximum atomic E-state index is 13.3. The predicted octanol–water partition coefficient (Wildman–Crippen LogP) is 3.40. The highest BCUT2D eigenvalue weighted by Gasteiger charge is 2.27. The van der Waals surface area contributed by atoms with Gasteiger partial charge in [-0.1, -0.05) is 17.7 Å². The summed E-state index contributed by atoms with van der Waals surface area (Å²) >= 11 is 6.16. The van der Waals surface area contributed by atoms with E-state index in [9.17, 15) is 9.59 Å². The summed E-state index contributed by atoms with van der Waals surface area (Å²) in [4.78, 5) is 28.4. The Balaban J connectivity index is 1.70. The van der Waals surface area contributed by atoms with Crippen molar-refractivity contribution in [3.8, 4) is 17.1 Å². The van der Waals surface area contributed by atoms with Crippen molar-refractivity contribution < 1.29 is 14.0 Å². The third-order valence-corrected chi connectivity index (χ3v) is 5.22. The normalized spacial score (nSPS) is 14.3. The molecule has 1 saturated heterocycles. The second-order valence-corrected chi connectivity index (χ2v) is 7.45. The molecule has 1 aromatic carbocycles. The number of benzene rings is 1. The van der Waals surface area contributed by atoms with Gasteiger partial charge < -0.3 is 14.2 Å². The summed E-state index contributed by atoms with van der Waals surface area (Å²) in [5.41, 5.74) is 1.69. The number of furan rings is 1. The quantitative estimate of drug-likeness (QED) is 0.661. The van der Waals surface area contributed by atoms with E-state index in [0.29, 0.717) is 54.0 Å². The van der Waals surface area contributed by atoms with E-state index in [2.05, 4.69) is 5.10 Å². The van der Waals surface area contributed by atoms with Gasteiger partial charge in [0.1, 0.15) is 17.1 Å². The van der Waals surface area contributed by atoms with Crippen LogP contribution in [-0.4, -0.2) is 57.6 Å². The molecule has 4 rings (SSSR count). The highest BCUT2D eigenvalue weighted by molar-refractivity contribution is 6.30. The zero-order valence-electron chi connectivity index (χ0n) is 16.3. The molecule has 0 spiro atoms. The standard InChI is InChI=1S/C21H21ClN4O3/c1-14-6-7-20(29-14)18-13-19(26(23-18)17-5-3-4-16(22)12-17)21(28)25-10-8-24(9-11-25)15(2)27/h3-7,12-13H,8-11H2,1-2H3. The third kappa shape index (κ3) is 3.91. The van der Waals surface area contributed by atoms with E-state index in [0.717, 1.165) is 5.76 Å². The number of halogens is 1. The largest absolute Gasteiger partial charge is 0.460 e. The SMILES string of the molecule is CC(=O)N1CCN(C(=O)c2cc(-c3ccc(C)o3)nn2-c2cccc(Cl)c2)CC1. The summed E-state index contributed by atoms with van der Waals surface area (Å²) in [6.45, 7) is 5.41. The molecule has 1 fully saturated rings. The van der Waals surface area contributed by atoms with Crippen LogP contribution in [0.3, 0.4) is 0 Å². The molecule has 0 bridgehead atoms. The number of hydrogen-bond acceptors (Lipinski definition) is 4. The average Bonchev–Trinajstić information content (AvgIpc) is 3.34. The van der Waals surface area contributed by atoms with Crippen LogP contribution >= 0.6 is 11.6 Å². The van der Waals surface area contributed by atoms with E-state index in [-0.39, 0.29) is 11.8 Å². The van der Waals surface area contributed by atoms with Crippen LogP contribution in [0.25, 0.3) is 17.1 Å². The lowest BCUT2D eigenvalue weighted by atomic mass is 10.2.